The summed E-state index contributed by atoms with van der Waals surface area (Å²) in [5.41, 5.74) is 9.41. The Morgan fingerprint density at radius 3 is 2.63 bits per heavy atom. The van der Waals surface area contributed by atoms with E-state index in [2.05, 4.69) is 20.4 Å². The van der Waals surface area contributed by atoms with Crippen molar-refractivity contribution in [1.82, 2.24) is 15.4 Å². The van der Waals surface area contributed by atoms with Gasteiger partial charge in [-0.05, 0) is 0 Å². The molecule has 17 heteroatoms. The monoisotopic (exact) mass is 412 g/mol. The van der Waals surface area contributed by atoms with E-state index in [1.807, 2.05) is 0 Å². The maximum Gasteiger partial charge on any atom is 0.420 e. The third-order valence-electron chi connectivity index (χ3n) is 4.61. The van der Waals surface area contributed by atoms with Crippen LogP contribution in [-0.4, -0.2) is 98.5 Å². The highest BCUT2D eigenvalue weighted by Crippen LogP contribution is 2.41. The van der Waals surface area contributed by atoms with Gasteiger partial charge in [-0.3, -0.25) is 21.8 Å². The van der Waals surface area contributed by atoms with Crippen molar-refractivity contribution in [3.63, 3.8) is 0 Å². The average Bonchev–Trinajstić information content (AvgIpc) is 2.91. The highest BCUT2D eigenvalue weighted by atomic mass is 32.2. The van der Waals surface area contributed by atoms with Crippen LogP contribution in [0.5, 0.6) is 0 Å². The van der Waals surface area contributed by atoms with Crippen LogP contribution in [0.4, 0.5) is 4.79 Å². The molecule has 1 fully saturated rings. The SMILES string of the molecule is NC1=[NH+][C@H]2[C@H](COC(=O)NS(=O)(=O)[O-])NC(N)=[N+]3CC(O)(O)C(O)(O)[C@]23N1. The van der Waals surface area contributed by atoms with Crippen molar-refractivity contribution in [3.8, 4) is 0 Å². The molecule has 152 valence electrons. The second kappa shape index (κ2) is 5.53. The minimum absolute atomic E-state index is 0.178. The van der Waals surface area contributed by atoms with Crippen molar-refractivity contribution in [2.24, 2.45) is 11.5 Å². The summed E-state index contributed by atoms with van der Waals surface area (Å²) >= 11 is 0. The van der Waals surface area contributed by atoms with Crippen LogP contribution in [0.25, 0.3) is 0 Å². The molecule has 0 saturated carbocycles. The summed E-state index contributed by atoms with van der Waals surface area (Å²) in [7, 11) is -5.09. The van der Waals surface area contributed by atoms with Gasteiger partial charge in [0, 0.05) is 0 Å². The third-order valence-corrected chi connectivity index (χ3v) is 5.03. The number of ether oxygens (including phenoxy) is 1. The van der Waals surface area contributed by atoms with Crippen LogP contribution in [0.3, 0.4) is 0 Å². The first-order valence-electron chi connectivity index (χ1n) is 7.35. The Hall–Kier alpha value is -2.44. The quantitative estimate of drug-likeness (QED) is 0.117. The molecule has 3 rings (SSSR count). The van der Waals surface area contributed by atoms with Gasteiger partial charge in [0.2, 0.25) is 0 Å². The van der Waals surface area contributed by atoms with Gasteiger partial charge in [0.05, 0.1) is 0 Å². The average molecular weight is 412 g/mol. The van der Waals surface area contributed by atoms with Crippen LogP contribution in [0, 0.1) is 0 Å². The normalized spacial score (nSPS) is 33.3. The number of rotatable bonds is 3. The van der Waals surface area contributed by atoms with Crippen molar-refractivity contribution < 1.29 is 52.5 Å². The molecule has 12 N–H and O–H groups in total. The Bertz CT molecular complexity index is 853. The van der Waals surface area contributed by atoms with E-state index in [1.165, 1.54) is 0 Å². The number of carbonyl (C=O) groups excluding carboxylic acids is 1. The van der Waals surface area contributed by atoms with E-state index in [-0.39, 0.29) is 11.9 Å². The standard InChI is InChI=1S/C10H17N7O9S/c11-5-14-4-3(1-26-7(18)16-27(23,24)25)13-6(12)17-2-8(19,20)10(21,22)9(4,17)15-5/h3-4,19-22H,1-2H2,(H7,11,12,13,14,15,16,18,23,24,25)/p+1/t3-,4-,9-/m0/s1. The van der Waals surface area contributed by atoms with Crippen molar-refractivity contribution in [3.05, 3.63) is 0 Å². The van der Waals surface area contributed by atoms with Gasteiger partial charge in [-0.25, -0.2) is 27.8 Å². The molecule has 3 heterocycles. The number of amides is 1. The Kier molecular flexibility index (Phi) is 3.96. The molecule has 3 aliphatic rings. The highest BCUT2D eigenvalue weighted by Gasteiger charge is 2.82. The van der Waals surface area contributed by atoms with Gasteiger partial charge in [0.25, 0.3) is 11.6 Å². The van der Waals surface area contributed by atoms with Crippen LogP contribution in [0.15, 0.2) is 0 Å². The lowest BCUT2D eigenvalue weighted by Gasteiger charge is -2.40. The summed E-state index contributed by atoms with van der Waals surface area (Å²) in [5.74, 6) is -6.66. The zero-order valence-corrected chi connectivity index (χ0v) is 14.2. The van der Waals surface area contributed by atoms with Crippen LogP contribution >= 0.6 is 0 Å². The van der Waals surface area contributed by atoms with E-state index in [0.717, 1.165) is 9.30 Å². The number of nitrogens with one attached hydrogen (secondary N) is 4. The van der Waals surface area contributed by atoms with Gasteiger partial charge in [-0.2, -0.15) is 0 Å². The fraction of sp³-hybridized carbons (Fsp3) is 0.700. The topological polar surface area (TPSA) is 270 Å². The Labute approximate surface area is 151 Å². The second-order valence-corrected chi connectivity index (χ2v) is 7.41. The maximum atomic E-state index is 11.4. The summed E-state index contributed by atoms with van der Waals surface area (Å²) in [6, 6.07) is -2.24. The summed E-state index contributed by atoms with van der Waals surface area (Å²) in [6.45, 7) is -1.34. The van der Waals surface area contributed by atoms with E-state index in [1.54, 1.807) is 0 Å². The molecule has 0 radical (unpaired) electrons. The van der Waals surface area contributed by atoms with Crippen LogP contribution in [0.1, 0.15) is 0 Å². The fourth-order valence-corrected chi connectivity index (χ4v) is 3.80. The predicted octanol–water partition coefficient (Wildman–Crippen LogP) is -9.09. The van der Waals surface area contributed by atoms with Crippen molar-refractivity contribution in [2.75, 3.05) is 13.2 Å². The minimum Gasteiger partial charge on any atom is -0.731 e. The van der Waals surface area contributed by atoms with Gasteiger partial charge < -0.3 is 29.7 Å². The number of nitrogens with zero attached hydrogens (tertiary/aromatic N) is 1. The molecule has 0 aromatic heterocycles. The first kappa shape index (κ1) is 19.3. The van der Waals surface area contributed by atoms with Gasteiger partial charge in [-0.1, -0.05) is 0 Å². The Morgan fingerprint density at radius 2 is 2.04 bits per heavy atom. The van der Waals surface area contributed by atoms with Crippen molar-refractivity contribution >= 4 is 28.3 Å². The zero-order valence-electron chi connectivity index (χ0n) is 13.4. The van der Waals surface area contributed by atoms with Crippen LogP contribution in [-0.2, 0) is 15.0 Å². The molecule has 27 heavy (non-hydrogen) atoms. The molecular formula is C10H18N7O9S+. The summed E-state index contributed by atoms with van der Waals surface area (Å²) < 4.78 is 38.2. The lowest BCUT2D eigenvalue weighted by Crippen LogP contribution is -2.92. The van der Waals surface area contributed by atoms with E-state index in [9.17, 15) is 38.2 Å². The second-order valence-electron chi connectivity index (χ2n) is 6.29. The molecule has 3 aliphatic heterocycles. The minimum atomic E-state index is -5.09. The molecule has 16 nitrogen and oxygen atoms in total. The number of hydrogen-bond acceptors (Lipinski definition) is 13. The molecule has 1 spiro atoms. The van der Waals surface area contributed by atoms with E-state index < -0.39 is 58.9 Å². The lowest BCUT2D eigenvalue weighted by molar-refractivity contribution is -0.674. The van der Waals surface area contributed by atoms with Crippen molar-refractivity contribution in [2.45, 2.75) is 29.3 Å². The summed E-state index contributed by atoms with van der Waals surface area (Å²) in [5, 5.41) is 46.2. The Morgan fingerprint density at radius 1 is 1.41 bits per heavy atom. The molecule has 0 bridgehead atoms. The summed E-state index contributed by atoms with van der Waals surface area (Å²) in [4.78, 5) is 14.0. The molecule has 0 aromatic carbocycles. The van der Waals surface area contributed by atoms with Gasteiger partial charge in [0.1, 0.15) is 19.2 Å². The molecule has 0 unspecified atom stereocenters. The largest absolute Gasteiger partial charge is 0.731 e. The zero-order chi connectivity index (χ0) is 20.4. The number of aliphatic hydroxyl groups is 4. The van der Waals surface area contributed by atoms with Crippen molar-refractivity contribution in [1.29, 1.82) is 0 Å². The summed E-state index contributed by atoms with van der Waals surface area (Å²) in [6.07, 6.45) is -1.57. The highest BCUT2D eigenvalue weighted by molar-refractivity contribution is 7.84. The number of nitrogens with two attached hydrogens (primary N) is 2. The van der Waals surface area contributed by atoms with E-state index in [4.69, 9.17) is 11.5 Å². The van der Waals surface area contributed by atoms with Gasteiger partial charge in [0.15, 0.2) is 16.3 Å². The molecule has 1 amide bonds. The third kappa shape index (κ3) is 2.71. The number of carbonyl (C=O) groups is 1. The Balaban J connectivity index is 1.92. The molecule has 0 aliphatic carbocycles. The van der Waals surface area contributed by atoms with Crippen LogP contribution in [0.2, 0.25) is 0 Å². The van der Waals surface area contributed by atoms with E-state index >= 15 is 0 Å². The molecular weight excluding hydrogens is 394 g/mol. The molecule has 1 saturated heterocycles. The van der Waals surface area contributed by atoms with E-state index in [0.29, 0.717) is 0 Å². The first-order chi connectivity index (χ1) is 12.2. The molecule has 0 aromatic rings. The van der Waals surface area contributed by atoms with Gasteiger partial charge >= 0.3 is 23.7 Å². The number of hydrogen-bond donors (Lipinski definition) is 10. The van der Waals surface area contributed by atoms with Gasteiger partial charge in [-0.15, -0.1) is 0 Å². The smallest absolute Gasteiger partial charge is 0.420 e. The van der Waals surface area contributed by atoms with Crippen LogP contribution < -0.4 is 31.8 Å². The first-order valence-corrected chi connectivity index (χ1v) is 8.76. The molecule has 3 atom stereocenters. The lowest BCUT2D eigenvalue weighted by atomic mass is 9.85. The number of guanidine groups is 2. The fourth-order valence-electron chi connectivity index (χ4n) is 3.53. The maximum absolute atomic E-state index is 11.4. The predicted molar refractivity (Wildman–Crippen MR) is 79.6 cm³/mol.